The average molecular weight is 412 g/mol. The fourth-order valence-corrected chi connectivity index (χ4v) is 4.34. The molecule has 31 heavy (non-hydrogen) atoms. The van der Waals surface area contributed by atoms with Crippen molar-refractivity contribution in [2.24, 2.45) is 5.73 Å². The van der Waals surface area contributed by atoms with Crippen LogP contribution < -0.4 is 5.73 Å². The molecule has 0 unspecified atom stereocenters. The van der Waals surface area contributed by atoms with Gasteiger partial charge in [0.15, 0.2) is 11.3 Å². The standard InChI is InChI=1S/C25H24N4O2/c1-15-16(2)23-27-21(17-9-11-19(12-10-17)25(26)13-6-14-25)22(18-7-4-3-5-8-18)29(23)28-20(15)24(30)31/h3-5,7-12H,6,13-14,26H2,1-2H3,(H,30,31). The van der Waals surface area contributed by atoms with E-state index in [1.54, 1.807) is 11.4 Å². The predicted molar refractivity (Wildman–Crippen MR) is 120 cm³/mol. The summed E-state index contributed by atoms with van der Waals surface area (Å²) < 4.78 is 1.67. The summed E-state index contributed by atoms with van der Waals surface area (Å²) >= 11 is 0. The van der Waals surface area contributed by atoms with Crippen LogP contribution in [0.25, 0.3) is 28.2 Å². The van der Waals surface area contributed by atoms with Crippen molar-refractivity contribution in [3.8, 4) is 22.5 Å². The Kier molecular flexibility index (Phi) is 4.41. The first-order chi connectivity index (χ1) is 14.9. The minimum absolute atomic E-state index is 0.0385. The summed E-state index contributed by atoms with van der Waals surface area (Å²) in [6, 6.07) is 18.1. The molecule has 3 N–H and O–H groups in total. The second-order valence-corrected chi connectivity index (χ2v) is 8.40. The van der Waals surface area contributed by atoms with Gasteiger partial charge in [-0.3, -0.25) is 0 Å². The van der Waals surface area contributed by atoms with Gasteiger partial charge in [0.25, 0.3) is 0 Å². The van der Waals surface area contributed by atoms with Crippen LogP contribution in [0.15, 0.2) is 54.6 Å². The number of aromatic nitrogens is 3. The lowest BCUT2D eigenvalue weighted by Crippen LogP contribution is -2.43. The Morgan fingerprint density at radius 1 is 1.00 bits per heavy atom. The summed E-state index contributed by atoms with van der Waals surface area (Å²) in [7, 11) is 0. The minimum atomic E-state index is -1.05. The largest absolute Gasteiger partial charge is 0.476 e. The molecule has 2 heterocycles. The fourth-order valence-electron chi connectivity index (χ4n) is 4.34. The number of imidazole rings is 1. The normalized spacial score (nSPS) is 15.1. The number of hydrogen-bond donors (Lipinski definition) is 2. The molecule has 5 rings (SSSR count). The molecule has 0 spiro atoms. The van der Waals surface area contributed by atoms with Crippen molar-refractivity contribution in [3.05, 3.63) is 77.0 Å². The Bertz CT molecular complexity index is 1300. The van der Waals surface area contributed by atoms with E-state index in [2.05, 4.69) is 29.4 Å². The number of fused-ring (bicyclic) bond motifs is 1. The average Bonchev–Trinajstić information content (AvgIpc) is 3.15. The Hall–Kier alpha value is -3.51. The molecule has 2 aromatic heterocycles. The summed E-state index contributed by atoms with van der Waals surface area (Å²) in [5.74, 6) is -1.05. The third-order valence-corrected chi connectivity index (χ3v) is 6.54. The van der Waals surface area contributed by atoms with Crippen molar-refractivity contribution in [1.29, 1.82) is 0 Å². The van der Waals surface area contributed by atoms with E-state index in [0.29, 0.717) is 11.2 Å². The van der Waals surface area contributed by atoms with Crippen molar-refractivity contribution in [2.45, 2.75) is 38.6 Å². The third kappa shape index (κ3) is 3.02. The van der Waals surface area contributed by atoms with Crippen LogP contribution in [0.3, 0.4) is 0 Å². The van der Waals surface area contributed by atoms with Gasteiger partial charge in [0.1, 0.15) is 5.69 Å². The number of hydrogen-bond acceptors (Lipinski definition) is 4. The van der Waals surface area contributed by atoms with Crippen molar-refractivity contribution >= 4 is 11.6 Å². The van der Waals surface area contributed by atoms with E-state index in [-0.39, 0.29) is 11.2 Å². The van der Waals surface area contributed by atoms with Gasteiger partial charge in [-0.2, -0.15) is 5.10 Å². The van der Waals surface area contributed by atoms with Crippen LogP contribution in [0.5, 0.6) is 0 Å². The first kappa shape index (κ1) is 19.5. The van der Waals surface area contributed by atoms with Gasteiger partial charge < -0.3 is 10.8 Å². The van der Waals surface area contributed by atoms with Crippen LogP contribution in [0, 0.1) is 13.8 Å². The molecule has 0 saturated heterocycles. The van der Waals surface area contributed by atoms with Gasteiger partial charge in [-0.15, -0.1) is 0 Å². The zero-order chi connectivity index (χ0) is 21.8. The second kappa shape index (κ2) is 7.03. The zero-order valence-electron chi connectivity index (χ0n) is 17.6. The second-order valence-electron chi connectivity index (χ2n) is 8.40. The summed E-state index contributed by atoms with van der Waals surface area (Å²) in [5, 5.41) is 14.1. The molecule has 0 bridgehead atoms. The lowest BCUT2D eigenvalue weighted by atomic mass is 9.72. The van der Waals surface area contributed by atoms with Gasteiger partial charge in [-0.05, 0) is 49.8 Å². The van der Waals surface area contributed by atoms with Crippen LogP contribution in [-0.4, -0.2) is 25.7 Å². The molecular weight excluding hydrogens is 388 g/mol. The molecule has 1 aliphatic rings. The number of carboxylic acids is 1. The summed E-state index contributed by atoms with van der Waals surface area (Å²) in [5.41, 5.74) is 13.0. The van der Waals surface area contributed by atoms with Crippen LogP contribution in [0.1, 0.15) is 46.4 Å². The Balaban J connectivity index is 1.76. The topological polar surface area (TPSA) is 93.5 Å². The molecule has 1 fully saturated rings. The number of nitrogens with zero attached hydrogens (tertiary/aromatic N) is 3. The number of benzene rings is 2. The molecule has 0 atom stereocenters. The van der Waals surface area contributed by atoms with Crippen LogP contribution >= 0.6 is 0 Å². The number of nitrogens with two attached hydrogens (primary N) is 1. The van der Waals surface area contributed by atoms with E-state index in [1.807, 2.05) is 37.3 Å². The molecule has 2 aromatic carbocycles. The Labute approximate surface area is 180 Å². The first-order valence-corrected chi connectivity index (χ1v) is 10.5. The van der Waals surface area contributed by atoms with Gasteiger partial charge in [0.2, 0.25) is 0 Å². The fraction of sp³-hybridized carbons (Fsp3) is 0.240. The maximum Gasteiger partial charge on any atom is 0.356 e. The molecule has 0 amide bonds. The summed E-state index contributed by atoms with van der Waals surface area (Å²) in [6.07, 6.45) is 3.19. The van der Waals surface area contributed by atoms with Crippen LogP contribution in [0.2, 0.25) is 0 Å². The highest BCUT2D eigenvalue weighted by atomic mass is 16.4. The molecule has 4 aromatic rings. The number of aryl methyl sites for hydroxylation is 1. The molecular formula is C25H24N4O2. The minimum Gasteiger partial charge on any atom is -0.476 e. The molecule has 1 aliphatic carbocycles. The number of carboxylic acid groups (broad SMARTS) is 1. The van der Waals surface area contributed by atoms with Gasteiger partial charge in [0.05, 0.1) is 5.69 Å². The third-order valence-electron chi connectivity index (χ3n) is 6.54. The first-order valence-electron chi connectivity index (χ1n) is 10.5. The van der Waals surface area contributed by atoms with Crippen molar-refractivity contribution in [3.63, 3.8) is 0 Å². The SMILES string of the molecule is Cc1c(C(=O)O)nn2c(-c3ccccc3)c(-c3ccc(C4(N)CCC4)cc3)nc2c1C. The van der Waals surface area contributed by atoms with Gasteiger partial charge in [-0.1, -0.05) is 54.6 Å². The van der Waals surface area contributed by atoms with Crippen molar-refractivity contribution in [1.82, 2.24) is 14.6 Å². The van der Waals surface area contributed by atoms with E-state index < -0.39 is 5.97 Å². The highest BCUT2D eigenvalue weighted by Crippen LogP contribution is 2.40. The van der Waals surface area contributed by atoms with Crippen LogP contribution in [-0.2, 0) is 5.54 Å². The van der Waals surface area contributed by atoms with E-state index in [1.165, 1.54) is 6.42 Å². The van der Waals surface area contributed by atoms with E-state index in [9.17, 15) is 9.90 Å². The summed E-state index contributed by atoms with van der Waals surface area (Å²) in [6.45, 7) is 3.67. The molecule has 6 heteroatoms. The highest BCUT2D eigenvalue weighted by molar-refractivity contribution is 5.89. The highest BCUT2D eigenvalue weighted by Gasteiger charge is 2.34. The molecule has 0 radical (unpaired) electrons. The maximum absolute atomic E-state index is 11.8. The van der Waals surface area contributed by atoms with E-state index in [4.69, 9.17) is 10.7 Å². The van der Waals surface area contributed by atoms with Gasteiger partial charge in [-0.25, -0.2) is 14.3 Å². The number of rotatable bonds is 4. The molecule has 6 nitrogen and oxygen atoms in total. The summed E-state index contributed by atoms with van der Waals surface area (Å²) in [4.78, 5) is 16.7. The number of aromatic carboxylic acids is 1. The van der Waals surface area contributed by atoms with Gasteiger partial charge in [0, 0.05) is 16.7 Å². The smallest absolute Gasteiger partial charge is 0.356 e. The Morgan fingerprint density at radius 3 is 2.26 bits per heavy atom. The lowest BCUT2D eigenvalue weighted by Gasteiger charge is -2.38. The molecule has 0 aliphatic heterocycles. The van der Waals surface area contributed by atoms with Crippen LogP contribution in [0.4, 0.5) is 0 Å². The Morgan fingerprint density at radius 2 is 1.68 bits per heavy atom. The lowest BCUT2D eigenvalue weighted by molar-refractivity contribution is 0.0688. The van der Waals surface area contributed by atoms with E-state index >= 15 is 0 Å². The van der Waals surface area contributed by atoms with E-state index in [0.717, 1.165) is 46.5 Å². The quantitative estimate of drug-likeness (QED) is 0.506. The van der Waals surface area contributed by atoms with Gasteiger partial charge >= 0.3 is 5.97 Å². The molecule has 1 saturated carbocycles. The maximum atomic E-state index is 11.8. The molecule has 156 valence electrons. The number of carbonyl (C=O) groups is 1. The zero-order valence-corrected chi connectivity index (χ0v) is 17.6. The predicted octanol–water partition coefficient (Wildman–Crippen LogP) is 4.72. The van der Waals surface area contributed by atoms with Crippen molar-refractivity contribution < 1.29 is 9.90 Å². The van der Waals surface area contributed by atoms with Crippen molar-refractivity contribution in [2.75, 3.05) is 0 Å². The monoisotopic (exact) mass is 412 g/mol.